The van der Waals surface area contributed by atoms with E-state index >= 15 is 0 Å². The molecule has 2 saturated heterocycles. The van der Waals surface area contributed by atoms with Crippen LogP contribution in [0.4, 0.5) is 14.9 Å². The standard InChI is InChI=1S/C30H41FN8O2/c1-21-14-25(29-34-35-36-37(29)2)17-27(15-21)32-30(41)33-28-20-38(12-13-40)11-9-24(28)19-39-10-3-4-23(18-39)16-22-5-7-26(31)8-6-22/h5-8,14-15,17,23-24,28,40H,3-4,9-13,16,18-20H2,1-2H3,(H2,32,33,41)/t23?,24-,28-/m0/s1. The molecule has 2 aromatic carbocycles. The van der Waals surface area contributed by atoms with Crippen LogP contribution in [0, 0.1) is 24.6 Å². The second-order valence-corrected chi connectivity index (χ2v) is 11.6. The second-order valence-electron chi connectivity index (χ2n) is 11.6. The molecule has 3 aromatic rings. The predicted molar refractivity (Wildman–Crippen MR) is 156 cm³/mol. The molecule has 3 N–H and O–H groups in total. The zero-order chi connectivity index (χ0) is 28.8. The maximum absolute atomic E-state index is 13.4. The molecule has 0 radical (unpaired) electrons. The highest BCUT2D eigenvalue weighted by atomic mass is 19.1. The number of carbonyl (C=O) groups is 1. The molecule has 2 aliphatic rings. The summed E-state index contributed by atoms with van der Waals surface area (Å²) >= 11 is 0. The molecule has 1 aromatic heterocycles. The average Bonchev–Trinajstić information content (AvgIpc) is 3.37. The number of aliphatic hydroxyl groups is 1. The van der Waals surface area contributed by atoms with Gasteiger partial charge in [-0.3, -0.25) is 4.90 Å². The minimum absolute atomic E-state index is 0.0417. The molecule has 5 rings (SSSR count). The molecule has 3 atom stereocenters. The summed E-state index contributed by atoms with van der Waals surface area (Å²) in [5, 5.41) is 27.5. The van der Waals surface area contributed by atoms with Crippen LogP contribution in [0.15, 0.2) is 42.5 Å². The summed E-state index contributed by atoms with van der Waals surface area (Å²) in [6.45, 7) is 7.27. The van der Waals surface area contributed by atoms with E-state index in [1.807, 2.05) is 37.3 Å². The Morgan fingerprint density at radius 2 is 1.93 bits per heavy atom. The van der Waals surface area contributed by atoms with E-state index < -0.39 is 0 Å². The Labute approximate surface area is 240 Å². The van der Waals surface area contributed by atoms with Gasteiger partial charge in [0.05, 0.1) is 6.61 Å². The largest absolute Gasteiger partial charge is 0.395 e. The summed E-state index contributed by atoms with van der Waals surface area (Å²) in [5.41, 5.74) is 3.68. The molecule has 2 aliphatic heterocycles. The van der Waals surface area contributed by atoms with Gasteiger partial charge in [0, 0.05) is 50.5 Å². The number of nitrogens with one attached hydrogen (secondary N) is 2. The van der Waals surface area contributed by atoms with Crippen LogP contribution < -0.4 is 10.6 Å². The van der Waals surface area contributed by atoms with Gasteiger partial charge in [0.15, 0.2) is 5.82 Å². The number of β-amino-alcohol motifs (C(OH)–C–C–N with tert-alkyl or cyclic N) is 1. The number of hydrogen-bond acceptors (Lipinski definition) is 7. The fraction of sp³-hybridized carbons (Fsp3) is 0.533. The highest BCUT2D eigenvalue weighted by molar-refractivity contribution is 5.90. The molecule has 220 valence electrons. The summed E-state index contributed by atoms with van der Waals surface area (Å²) in [6.07, 6.45) is 4.23. The molecular formula is C30H41FN8O2. The first-order valence-corrected chi connectivity index (χ1v) is 14.6. The molecule has 2 amide bonds. The van der Waals surface area contributed by atoms with Crippen LogP contribution in [0.5, 0.6) is 0 Å². The van der Waals surface area contributed by atoms with Crippen molar-refractivity contribution in [2.45, 2.75) is 38.6 Å². The molecule has 0 spiro atoms. The lowest BCUT2D eigenvalue weighted by Crippen LogP contribution is -2.56. The normalized spacial score (nSPS) is 22.0. The molecule has 1 unspecified atom stereocenters. The van der Waals surface area contributed by atoms with Crippen molar-refractivity contribution in [1.82, 2.24) is 35.3 Å². The number of urea groups is 1. The smallest absolute Gasteiger partial charge is 0.319 e. The van der Waals surface area contributed by atoms with E-state index in [2.05, 4.69) is 36.0 Å². The predicted octanol–water partition coefficient (Wildman–Crippen LogP) is 3.08. The number of carbonyl (C=O) groups excluding carboxylic acids is 1. The number of tetrazole rings is 1. The van der Waals surface area contributed by atoms with E-state index in [0.717, 1.165) is 56.6 Å². The van der Waals surface area contributed by atoms with E-state index in [4.69, 9.17) is 0 Å². The van der Waals surface area contributed by atoms with Gasteiger partial charge in [-0.25, -0.2) is 13.9 Å². The van der Waals surface area contributed by atoms with Crippen molar-refractivity contribution in [2.75, 3.05) is 51.2 Å². The van der Waals surface area contributed by atoms with Gasteiger partial charge in [-0.05, 0) is 109 Å². The van der Waals surface area contributed by atoms with Crippen LogP contribution in [-0.4, -0.2) is 93.1 Å². The zero-order valence-electron chi connectivity index (χ0n) is 24.0. The van der Waals surface area contributed by atoms with Gasteiger partial charge < -0.3 is 20.6 Å². The number of anilines is 1. The van der Waals surface area contributed by atoms with E-state index in [1.54, 1.807) is 23.9 Å². The monoisotopic (exact) mass is 564 g/mol. The average molecular weight is 565 g/mol. The van der Waals surface area contributed by atoms with E-state index in [9.17, 15) is 14.3 Å². The maximum Gasteiger partial charge on any atom is 0.319 e. The minimum atomic E-state index is -0.244. The highest BCUT2D eigenvalue weighted by Gasteiger charge is 2.33. The molecule has 0 bridgehead atoms. The second kappa shape index (κ2) is 13.5. The van der Waals surface area contributed by atoms with Crippen molar-refractivity contribution in [3.63, 3.8) is 0 Å². The number of aliphatic hydroxyl groups excluding tert-OH is 1. The fourth-order valence-electron chi connectivity index (χ4n) is 6.36. The Balaban J connectivity index is 1.22. The van der Waals surface area contributed by atoms with Crippen LogP contribution >= 0.6 is 0 Å². The topological polar surface area (TPSA) is 111 Å². The Morgan fingerprint density at radius 3 is 2.68 bits per heavy atom. The molecule has 10 nitrogen and oxygen atoms in total. The number of aromatic nitrogens is 4. The van der Waals surface area contributed by atoms with Gasteiger partial charge in [0.25, 0.3) is 0 Å². The summed E-state index contributed by atoms with van der Waals surface area (Å²) < 4.78 is 15.0. The SMILES string of the molecule is Cc1cc(NC(=O)N[C@H]2CN(CCO)CC[C@H]2CN2CCCC(Cc3ccc(F)cc3)C2)cc(-c2nnnn2C)c1. The van der Waals surface area contributed by atoms with E-state index in [-0.39, 0.29) is 24.5 Å². The first-order valence-electron chi connectivity index (χ1n) is 14.6. The van der Waals surface area contributed by atoms with E-state index in [1.165, 1.54) is 12.0 Å². The van der Waals surface area contributed by atoms with Crippen LogP contribution in [0.25, 0.3) is 11.4 Å². The summed E-state index contributed by atoms with van der Waals surface area (Å²) in [6, 6.07) is 12.4. The van der Waals surface area contributed by atoms with Crippen molar-refractivity contribution in [2.24, 2.45) is 18.9 Å². The third kappa shape index (κ3) is 7.87. The Kier molecular flexibility index (Phi) is 9.58. The van der Waals surface area contributed by atoms with Crippen LogP contribution in [0.1, 0.15) is 30.4 Å². The zero-order valence-corrected chi connectivity index (χ0v) is 24.0. The van der Waals surface area contributed by atoms with Crippen LogP contribution in [0.3, 0.4) is 0 Å². The molecule has 3 heterocycles. The van der Waals surface area contributed by atoms with Crippen molar-refractivity contribution >= 4 is 11.7 Å². The molecule has 11 heteroatoms. The molecule has 2 fully saturated rings. The van der Waals surface area contributed by atoms with Crippen LogP contribution in [0.2, 0.25) is 0 Å². The Morgan fingerprint density at radius 1 is 1.10 bits per heavy atom. The molecule has 41 heavy (non-hydrogen) atoms. The first-order chi connectivity index (χ1) is 19.9. The summed E-state index contributed by atoms with van der Waals surface area (Å²) in [4.78, 5) is 18.0. The number of rotatable bonds is 9. The van der Waals surface area contributed by atoms with E-state index in [0.29, 0.717) is 36.4 Å². The van der Waals surface area contributed by atoms with Gasteiger partial charge >= 0.3 is 6.03 Å². The third-order valence-electron chi connectivity index (χ3n) is 8.32. The number of hydrogen-bond donors (Lipinski definition) is 3. The van der Waals surface area contributed by atoms with Gasteiger partial charge in [-0.1, -0.05) is 12.1 Å². The lowest BCUT2D eigenvalue weighted by Gasteiger charge is -2.42. The van der Waals surface area contributed by atoms with Crippen molar-refractivity contribution in [3.05, 3.63) is 59.4 Å². The van der Waals surface area contributed by atoms with Gasteiger partial charge in [0.2, 0.25) is 0 Å². The molecule has 0 aliphatic carbocycles. The minimum Gasteiger partial charge on any atom is -0.395 e. The van der Waals surface area contributed by atoms with Gasteiger partial charge in [0.1, 0.15) is 5.82 Å². The molecular weight excluding hydrogens is 523 g/mol. The number of aryl methyl sites for hydroxylation is 2. The van der Waals surface area contributed by atoms with Crippen molar-refractivity contribution in [1.29, 1.82) is 0 Å². The summed E-state index contributed by atoms with van der Waals surface area (Å²) in [7, 11) is 1.78. The van der Waals surface area contributed by atoms with Crippen molar-refractivity contribution in [3.8, 4) is 11.4 Å². The number of benzene rings is 2. The third-order valence-corrected chi connectivity index (χ3v) is 8.32. The lowest BCUT2D eigenvalue weighted by molar-refractivity contribution is 0.0814. The number of piperidine rings is 2. The quantitative estimate of drug-likeness (QED) is 0.366. The Bertz CT molecular complexity index is 1300. The summed E-state index contributed by atoms with van der Waals surface area (Å²) in [5.74, 6) is 1.28. The molecule has 0 saturated carbocycles. The number of nitrogens with zero attached hydrogens (tertiary/aromatic N) is 6. The van der Waals surface area contributed by atoms with Gasteiger partial charge in [-0.2, -0.15) is 0 Å². The van der Waals surface area contributed by atoms with Crippen molar-refractivity contribution < 1.29 is 14.3 Å². The first kappa shape index (κ1) is 29.1. The maximum atomic E-state index is 13.4. The number of likely N-dealkylation sites (tertiary alicyclic amines) is 2. The van der Waals surface area contributed by atoms with Crippen LogP contribution in [-0.2, 0) is 13.5 Å². The number of halogens is 1. The number of amides is 2. The fourth-order valence-corrected chi connectivity index (χ4v) is 6.36. The lowest BCUT2D eigenvalue weighted by atomic mass is 9.87. The van der Waals surface area contributed by atoms with Gasteiger partial charge in [-0.15, -0.1) is 5.10 Å². The Hall–Kier alpha value is -3.41. The highest BCUT2D eigenvalue weighted by Crippen LogP contribution is 2.26.